The third-order valence-corrected chi connectivity index (χ3v) is 3.89. The lowest BCUT2D eigenvalue weighted by atomic mass is 9.99. The maximum atomic E-state index is 13.6. The van der Waals surface area contributed by atoms with Gasteiger partial charge in [0.15, 0.2) is 22.5 Å². The fourth-order valence-corrected chi connectivity index (χ4v) is 2.58. The number of hydrogen-bond acceptors (Lipinski definition) is 4. The Labute approximate surface area is 153 Å². The molecular weight excluding hydrogens is 362 g/mol. The largest absolute Gasteiger partial charge is 0.305 e. The first-order valence-electron chi connectivity index (χ1n) is 7.63. The van der Waals surface area contributed by atoms with E-state index >= 15 is 0 Å². The second-order valence-corrected chi connectivity index (χ2v) is 5.97. The van der Waals surface area contributed by atoms with Crippen LogP contribution in [0.2, 0.25) is 5.15 Å². The van der Waals surface area contributed by atoms with E-state index in [9.17, 15) is 13.6 Å². The molecule has 26 heavy (non-hydrogen) atoms. The van der Waals surface area contributed by atoms with Crippen molar-refractivity contribution in [2.45, 2.75) is 6.42 Å². The molecule has 3 rings (SSSR count). The van der Waals surface area contributed by atoms with Crippen LogP contribution in [0.1, 0.15) is 21.6 Å². The maximum Gasteiger partial charge on any atom is 0.277 e. The molecule has 1 aliphatic heterocycles. The molecule has 1 unspecified atom stereocenters. The first kappa shape index (κ1) is 17.9. The van der Waals surface area contributed by atoms with Gasteiger partial charge in [0.05, 0.1) is 0 Å². The third kappa shape index (κ3) is 4.00. The number of allylic oxidation sites excluding steroid dienone is 1. The zero-order valence-corrected chi connectivity index (χ0v) is 14.2. The quantitative estimate of drug-likeness (QED) is 0.870. The second kappa shape index (κ2) is 7.53. The highest BCUT2D eigenvalue weighted by atomic mass is 35.5. The number of amides is 1. The predicted molar refractivity (Wildman–Crippen MR) is 94.7 cm³/mol. The van der Waals surface area contributed by atoms with E-state index in [1.54, 1.807) is 12.3 Å². The molecule has 1 N–H and O–H groups in total. The van der Waals surface area contributed by atoms with Crippen LogP contribution in [0.5, 0.6) is 0 Å². The van der Waals surface area contributed by atoms with E-state index in [2.05, 4.69) is 27.1 Å². The minimum absolute atomic E-state index is 0.102. The van der Waals surface area contributed by atoms with E-state index in [4.69, 9.17) is 11.6 Å². The zero-order chi connectivity index (χ0) is 18.7. The minimum atomic E-state index is -0.925. The van der Waals surface area contributed by atoms with Gasteiger partial charge >= 0.3 is 0 Å². The normalized spacial score (nSPS) is 15.7. The highest BCUT2D eigenvalue weighted by molar-refractivity contribution is 6.29. The van der Waals surface area contributed by atoms with Gasteiger partial charge < -0.3 is 5.32 Å². The maximum absolute atomic E-state index is 13.6. The fraction of sp³-hybridized carbons (Fsp3) is 0.111. The number of carbonyl (C=O) groups is 1. The molecule has 0 radical (unpaired) electrons. The van der Waals surface area contributed by atoms with E-state index in [0.717, 1.165) is 6.07 Å². The second-order valence-electron chi connectivity index (χ2n) is 5.58. The molecule has 1 aliphatic rings. The highest BCUT2D eigenvalue weighted by Gasteiger charge is 2.17. The number of hydrogen-bond donors (Lipinski definition) is 1. The van der Waals surface area contributed by atoms with Gasteiger partial charge in [0.2, 0.25) is 0 Å². The van der Waals surface area contributed by atoms with Crippen LogP contribution in [0, 0.1) is 17.6 Å². The molecule has 1 aromatic carbocycles. The molecule has 8 heteroatoms. The summed E-state index contributed by atoms with van der Waals surface area (Å²) >= 11 is 5.63. The molecule has 0 bridgehead atoms. The summed E-state index contributed by atoms with van der Waals surface area (Å²) in [7, 11) is 0. The Kier molecular flexibility index (Phi) is 5.18. The lowest BCUT2D eigenvalue weighted by molar-refractivity contribution is 0.0959. The van der Waals surface area contributed by atoms with Gasteiger partial charge in [0.25, 0.3) is 5.91 Å². The number of aliphatic imine (C=N–C) groups is 1. The summed E-state index contributed by atoms with van der Waals surface area (Å²) in [6.07, 6.45) is 5.01. The van der Waals surface area contributed by atoms with Crippen LogP contribution in [-0.4, -0.2) is 22.3 Å². The summed E-state index contributed by atoms with van der Waals surface area (Å²) in [5.41, 5.74) is 0.807. The van der Waals surface area contributed by atoms with Crippen molar-refractivity contribution in [1.82, 2.24) is 15.5 Å². The number of aromatic nitrogens is 2. The zero-order valence-electron chi connectivity index (χ0n) is 13.4. The van der Waals surface area contributed by atoms with Gasteiger partial charge in [0, 0.05) is 17.7 Å². The third-order valence-electron chi connectivity index (χ3n) is 3.69. The highest BCUT2D eigenvalue weighted by Crippen LogP contribution is 2.21. The number of nitrogens with one attached hydrogen (secondary N) is 1. The Morgan fingerprint density at radius 3 is 2.81 bits per heavy atom. The smallest absolute Gasteiger partial charge is 0.277 e. The summed E-state index contributed by atoms with van der Waals surface area (Å²) < 4.78 is 27.2. The van der Waals surface area contributed by atoms with Gasteiger partial charge in [0.1, 0.15) is 5.82 Å². The number of benzene rings is 1. The van der Waals surface area contributed by atoms with E-state index in [0.29, 0.717) is 17.8 Å². The van der Waals surface area contributed by atoms with Crippen LogP contribution in [0.15, 0.2) is 47.7 Å². The molecule has 2 aromatic rings. The van der Waals surface area contributed by atoms with Gasteiger partial charge in [-0.05, 0) is 42.3 Å². The first-order valence-corrected chi connectivity index (χ1v) is 8.01. The predicted octanol–water partition coefficient (Wildman–Crippen LogP) is 3.57. The van der Waals surface area contributed by atoms with Gasteiger partial charge in [-0.25, -0.2) is 13.8 Å². The van der Waals surface area contributed by atoms with Gasteiger partial charge in [-0.3, -0.25) is 4.79 Å². The average Bonchev–Trinajstić information content (AvgIpc) is 3.05. The number of nitrogens with zero attached hydrogens (tertiary/aromatic N) is 3. The fourth-order valence-electron chi connectivity index (χ4n) is 2.48. The number of halogens is 3. The topological polar surface area (TPSA) is 67.2 Å². The van der Waals surface area contributed by atoms with Gasteiger partial charge in [-0.15, -0.1) is 10.2 Å². The minimum Gasteiger partial charge on any atom is -0.305 e. The Hall–Kier alpha value is -2.93. The SMILES string of the molecule is C=Cc1cc(CC2C=NC(NC(=O)c3ccc(Cl)nn3)=C2)cc(F)c1F. The van der Waals surface area contributed by atoms with E-state index < -0.39 is 17.5 Å². The molecule has 1 amide bonds. The standard InChI is InChI=1S/C18H13ClF2N4O/c1-2-12-6-10(7-13(20)17(12)21)5-11-8-16(22-9-11)23-18(26)14-3-4-15(19)25-24-14/h2-4,6-9,11H,1,5H2,(H,23,26). The number of carbonyl (C=O) groups excluding carboxylic acids is 1. The van der Waals surface area contributed by atoms with Crippen molar-refractivity contribution in [2.75, 3.05) is 0 Å². The van der Waals surface area contributed by atoms with Crippen molar-refractivity contribution in [3.63, 3.8) is 0 Å². The van der Waals surface area contributed by atoms with Crippen LogP contribution < -0.4 is 5.32 Å². The summed E-state index contributed by atoms with van der Waals surface area (Å²) in [5.74, 6) is -2.13. The van der Waals surface area contributed by atoms with Crippen LogP contribution in [0.4, 0.5) is 8.78 Å². The Bertz CT molecular complexity index is 926. The molecule has 0 saturated carbocycles. The Morgan fingerprint density at radius 2 is 2.12 bits per heavy atom. The molecule has 132 valence electrons. The van der Waals surface area contributed by atoms with Crippen LogP contribution >= 0.6 is 11.6 Å². The molecule has 0 aliphatic carbocycles. The van der Waals surface area contributed by atoms with Crippen molar-refractivity contribution in [1.29, 1.82) is 0 Å². The number of rotatable bonds is 5. The molecule has 1 aromatic heterocycles. The van der Waals surface area contributed by atoms with Crippen molar-refractivity contribution < 1.29 is 13.6 Å². The van der Waals surface area contributed by atoms with Crippen molar-refractivity contribution >= 4 is 29.8 Å². The summed E-state index contributed by atoms with van der Waals surface area (Å²) in [5, 5.41) is 10.1. The van der Waals surface area contributed by atoms with Crippen LogP contribution in [-0.2, 0) is 6.42 Å². The first-order chi connectivity index (χ1) is 12.5. The molecule has 0 spiro atoms. The van der Waals surface area contributed by atoms with Gasteiger partial charge in [-0.1, -0.05) is 24.3 Å². The lowest BCUT2D eigenvalue weighted by Crippen LogP contribution is -2.22. The van der Waals surface area contributed by atoms with E-state index in [1.807, 2.05) is 0 Å². The van der Waals surface area contributed by atoms with E-state index in [1.165, 1.54) is 24.3 Å². The van der Waals surface area contributed by atoms with E-state index in [-0.39, 0.29) is 22.3 Å². The molecule has 0 saturated heterocycles. The average molecular weight is 375 g/mol. The Balaban J connectivity index is 1.68. The lowest BCUT2D eigenvalue weighted by Gasteiger charge is -2.07. The van der Waals surface area contributed by atoms with Gasteiger partial charge in [-0.2, -0.15) is 0 Å². The van der Waals surface area contributed by atoms with Crippen molar-refractivity contribution in [3.8, 4) is 0 Å². The molecule has 0 fully saturated rings. The van der Waals surface area contributed by atoms with Crippen molar-refractivity contribution in [2.24, 2.45) is 10.9 Å². The summed E-state index contributed by atoms with van der Waals surface area (Å²) in [6, 6.07) is 5.58. The van der Waals surface area contributed by atoms with Crippen molar-refractivity contribution in [3.05, 3.63) is 76.3 Å². The summed E-state index contributed by atoms with van der Waals surface area (Å²) in [6.45, 7) is 3.47. The monoisotopic (exact) mass is 374 g/mol. The summed E-state index contributed by atoms with van der Waals surface area (Å²) in [4.78, 5) is 16.2. The molecule has 5 nitrogen and oxygen atoms in total. The molecule has 2 heterocycles. The molecule has 1 atom stereocenters. The van der Waals surface area contributed by atoms with Crippen LogP contribution in [0.3, 0.4) is 0 Å². The Morgan fingerprint density at radius 1 is 1.31 bits per heavy atom. The van der Waals surface area contributed by atoms with Crippen LogP contribution in [0.25, 0.3) is 6.08 Å². The molecular formula is C18H13ClF2N4O.